The highest BCUT2D eigenvalue weighted by molar-refractivity contribution is 7.94. The second-order valence-electron chi connectivity index (χ2n) is 7.44. The molecule has 0 aliphatic carbocycles. The minimum absolute atomic E-state index is 0.0119. The van der Waals surface area contributed by atoms with Gasteiger partial charge < -0.3 is 20.0 Å². The zero-order valence-electron chi connectivity index (χ0n) is 18.8. The van der Waals surface area contributed by atoms with E-state index in [4.69, 9.17) is 4.74 Å². The highest BCUT2D eigenvalue weighted by Gasteiger charge is 2.19. The van der Waals surface area contributed by atoms with Gasteiger partial charge in [0.15, 0.2) is 0 Å². The summed E-state index contributed by atoms with van der Waals surface area (Å²) in [6, 6.07) is 11.5. The van der Waals surface area contributed by atoms with Crippen molar-refractivity contribution in [3.8, 4) is 0 Å². The number of nitrogens with zero attached hydrogens (tertiary/aromatic N) is 4. The number of anilines is 2. The molecule has 0 bridgehead atoms. The number of fused-ring (bicyclic) bond motifs is 1. The number of benzene rings is 2. The first-order valence-corrected chi connectivity index (χ1v) is 11.9. The number of carbonyl (C=O) groups excluding carboxylic acids is 1. The average molecular weight is 477 g/mol. The number of pyridine rings is 1. The molecule has 174 valence electrons. The molecule has 0 fully saturated rings. The molecule has 10 heteroatoms. The monoisotopic (exact) mass is 476 g/mol. The Morgan fingerprint density at radius 1 is 1.03 bits per heavy atom. The lowest BCUT2D eigenvalue weighted by molar-refractivity contribution is 0.0527. The summed E-state index contributed by atoms with van der Waals surface area (Å²) in [6.07, 6.45) is 4.32. The third-order valence-electron chi connectivity index (χ3n) is 5.23. The molecule has 4 rings (SSSR count). The SMILES string of the molecule is CCOC(=O)c1cnc2c(C)c(C)ccc2c1Nc1ccc(S(=O)(=O)[N-]c2ncccn2)cc1. The third kappa shape index (κ3) is 4.67. The summed E-state index contributed by atoms with van der Waals surface area (Å²) < 4.78 is 34.0. The van der Waals surface area contributed by atoms with E-state index >= 15 is 0 Å². The van der Waals surface area contributed by atoms with E-state index in [1.54, 1.807) is 25.1 Å². The van der Waals surface area contributed by atoms with E-state index in [2.05, 4.69) is 25.0 Å². The number of aryl methyl sites for hydroxylation is 2. The van der Waals surface area contributed by atoms with Crippen LogP contribution in [0.4, 0.5) is 17.3 Å². The molecular formula is C24H22N5O4S-. The lowest BCUT2D eigenvalue weighted by atomic mass is 10.0. The van der Waals surface area contributed by atoms with Crippen LogP contribution in [-0.4, -0.2) is 35.9 Å². The number of sulfonamides is 1. The summed E-state index contributed by atoms with van der Waals surface area (Å²) in [5.74, 6) is -0.642. The Morgan fingerprint density at radius 3 is 2.41 bits per heavy atom. The van der Waals surface area contributed by atoms with Crippen LogP contribution < -0.4 is 5.32 Å². The van der Waals surface area contributed by atoms with E-state index in [0.29, 0.717) is 11.4 Å². The van der Waals surface area contributed by atoms with Crippen molar-refractivity contribution in [3.63, 3.8) is 0 Å². The molecule has 0 amide bonds. The first kappa shape index (κ1) is 23.1. The van der Waals surface area contributed by atoms with E-state index in [-0.39, 0.29) is 23.0 Å². The quantitative estimate of drug-likeness (QED) is 0.371. The molecule has 0 saturated heterocycles. The summed E-state index contributed by atoms with van der Waals surface area (Å²) >= 11 is 0. The van der Waals surface area contributed by atoms with Crippen molar-refractivity contribution in [3.05, 3.63) is 82.5 Å². The third-order valence-corrected chi connectivity index (χ3v) is 6.51. The fraction of sp³-hybridized carbons (Fsp3) is 0.167. The second-order valence-corrected chi connectivity index (χ2v) is 9.04. The van der Waals surface area contributed by atoms with E-state index < -0.39 is 16.0 Å². The summed E-state index contributed by atoms with van der Waals surface area (Å²) in [5, 5.41) is 3.99. The van der Waals surface area contributed by atoms with Gasteiger partial charge in [0.05, 0.1) is 22.7 Å². The number of carbonyl (C=O) groups is 1. The van der Waals surface area contributed by atoms with Crippen molar-refractivity contribution >= 4 is 44.2 Å². The normalized spacial score (nSPS) is 11.3. The standard InChI is InChI=1S/C24H23N5O4S/c1-4-33-23(30)20-14-27-21-16(3)15(2)6-11-19(21)22(20)28-17-7-9-18(10-8-17)34(31,32)29-24-25-12-5-13-26-24/h5-14H,4H2,1-3H3,(H2,25,26,27,28,29,30)/p-1. The molecule has 34 heavy (non-hydrogen) atoms. The van der Waals surface area contributed by atoms with Crippen LogP contribution in [0.25, 0.3) is 15.6 Å². The predicted molar refractivity (Wildman–Crippen MR) is 129 cm³/mol. The van der Waals surface area contributed by atoms with Gasteiger partial charge in [-0.3, -0.25) is 9.71 Å². The van der Waals surface area contributed by atoms with Crippen molar-refractivity contribution in [2.75, 3.05) is 11.9 Å². The Balaban J connectivity index is 1.70. The van der Waals surface area contributed by atoms with E-state index in [1.165, 1.54) is 30.7 Å². The van der Waals surface area contributed by atoms with Gasteiger partial charge in [-0.15, -0.1) is 0 Å². The molecule has 0 atom stereocenters. The van der Waals surface area contributed by atoms with Crippen molar-refractivity contribution < 1.29 is 17.9 Å². The molecule has 2 heterocycles. The minimum Gasteiger partial charge on any atom is -0.462 e. The Kier molecular flexibility index (Phi) is 6.42. The molecular weight excluding hydrogens is 454 g/mol. The molecule has 1 N–H and O–H groups in total. The van der Waals surface area contributed by atoms with Crippen LogP contribution in [0.5, 0.6) is 0 Å². The van der Waals surface area contributed by atoms with Gasteiger partial charge in [-0.25, -0.2) is 13.2 Å². The Labute approximate surface area is 197 Å². The molecule has 0 unspecified atom stereocenters. The maximum absolute atomic E-state index is 12.6. The molecule has 4 aromatic rings. The number of aromatic nitrogens is 3. The summed E-state index contributed by atoms with van der Waals surface area (Å²) in [5.41, 5.74) is 4.23. The van der Waals surface area contributed by atoms with E-state index in [1.807, 2.05) is 26.0 Å². The maximum Gasteiger partial charge on any atom is 0.341 e. The van der Waals surface area contributed by atoms with Crippen LogP contribution in [-0.2, 0) is 14.8 Å². The highest BCUT2D eigenvalue weighted by Crippen LogP contribution is 2.33. The zero-order chi connectivity index (χ0) is 24.3. The van der Waals surface area contributed by atoms with Crippen LogP contribution in [0.3, 0.4) is 0 Å². The van der Waals surface area contributed by atoms with Crippen molar-refractivity contribution in [2.24, 2.45) is 0 Å². The van der Waals surface area contributed by atoms with Gasteiger partial charge in [0, 0.05) is 23.2 Å². The summed E-state index contributed by atoms with van der Waals surface area (Å²) in [6.45, 7) is 5.92. The Hall–Kier alpha value is -4.05. The zero-order valence-corrected chi connectivity index (χ0v) is 19.6. The Bertz CT molecular complexity index is 1460. The van der Waals surface area contributed by atoms with Gasteiger partial charge in [-0.2, -0.15) is 0 Å². The second kappa shape index (κ2) is 9.44. The first-order chi connectivity index (χ1) is 16.3. The van der Waals surface area contributed by atoms with Crippen LogP contribution >= 0.6 is 0 Å². The lowest BCUT2D eigenvalue weighted by Crippen LogP contribution is -2.10. The number of rotatable bonds is 7. The predicted octanol–water partition coefficient (Wildman–Crippen LogP) is 4.96. The van der Waals surface area contributed by atoms with Crippen molar-refractivity contribution in [1.29, 1.82) is 0 Å². The largest absolute Gasteiger partial charge is 0.462 e. The summed E-state index contributed by atoms with van der Waals surface area (Å²) in [7, 11) is -3.99. The topological polar surface area (TPSA) is 125 Å². The number of ether oxygens (including phenoxy) is 1. The first-order valence-electron chi connectivity index (χ1n) is 10.5. The highest BCUT2D eigenvalue weighted by atomic mass is 32.2. The van der Waals surface area contributed by atoms with E-state index in [9.17, 15) is 13.2 Å². The van der Waals surface area contributed by atoms with Crippen LogP contribution in [0, 0.1) is 13.8 Å². The van der Waals surface area contributed by atoms with Gasteiger partial charge in [0.1, 0.15) is 5.56 Å². The van der Waals surface area contributed by atoms with Crippen molar-refractivity contribution in [2.45, 2.75) is 25.7 Å². The smallest absolute Gasteiger partial charge is 0.341 e. The van der Waals surface area contributed by atoms with Crippen LogP contribution in [0.1, 0.15) is 28.4 Å². The van der Waals surface area contributed by atoms with Gasteiger partial charge in [-0.1, -0.05) is 18.2 Å². The molecule has 9 nitrogen and oxygen atoms in total. The number of nitrogens with one attached hydrogen (secondary N) is 1. The molecule has 0 spiro atoms. The average Bonchev–Trinajstić information content (AvgIpc) is 2.82. The molecule has 2 aromatic carbocycles. The van der Waals surface area contributed by atoms with Gasteiger partial charge in [-0.05, 0) is 68.6 Å². The van der Waals surface area contributed by atoms with Gasteiger partial charge >= 0.3 is 5.97 Å². The fourth-order valence-electron chi connectivity index (χ4n) is 3.36. The lowest BCUT2D eigenvalue weighted by Gasteiger charge is -2.16. The fourth-order valence-corrected chi connectivity index (χ4v) is 4.25. The maximum atomic E-state index is 12.6. The number of esters is 1. The molecule has 2 aromatic heterocycles. The van der Waals surface area contributed by atoms with E-state index in [0.717, 1.165) is 22.0 Å². The van der Waals surface area contributed by atoms with Gasteiger partial charge in [0.2, 0.25) is 10.0 Å². The number of hydrogen-bond acceptors (Lipinski definition) is 8. The van der Waals surface area contributed by atoms with Gasteiger partial charge in [0.25, 0.3) is 0 Å². The van der Waals surface area contributed by atoms with Crippen molar-refractivity contribution in [1.82, 2.24) is 15.0 Å². The number of hydrogen-bond donors (Lipinski definition) is 1. The molecule has 0 aliphatic heterocycles. The Morgan fingerprint density at radius 2 is 1.74 bits per heavy atom. The molecule has 0 saturated carbocycles. The molecule has 0 radical (unpaired) electrons. The summed E-state index contributed by atoms with van der Waals surface area (Å²) in [4.78, 5) is 24.7. The molecule has 0 aliphatic rings. The van der Waals surface area contributed by atoms with Crippen LogP contribution in [0.15, 0.2) is 66.0 Å². The van der Waals surface area contributed by atoms with Crippen LogP contribution in [0.2, 0.25) is 0 Å². The minimum atomic E-state index is -3.99.